The van der Waals surface area contributed by atoms with Crippen molar-refractivity contribution in [2.75, 3.05) is 62.6 Å². The average Bonchev–Trinajstić information content (AvgIpc) is 3.41. The van der Waals surface area contributed by atoms with Crippen molar-refractivity contribution in [1.29, 1.82) is 0 Å². The summed E-state index contributed by atoms with van der Waals surface area (Å²) in [6.45, 7) is 7.15. The van der Waals surface area contributed by atoms with E-state index in [-0.39, 0.29) is 34.5 Å². The van der Waals surface area contributed by atoms with E-state index in [2.05, 4.69) is 19.8 Å². The summed E-state index contributed by atoms with van der Waals surface area (Å²) in [5, 5.41) is 3.95. The van der Waals surface area contributed by atoms with Gasteiger partial charge in [0.1, 0.15) is 11.5 Å². The number of benzene rings is 3. The number of amides is 1. The number of nitrogens with one attached hydrogen (secondary N) is 2. The molecule has 1 amide bonds. The summed E-state index contributed by atoms with van der Waals surface area (Å²) in [6.07, 6.45) is 0. The van der Waals surface area contributed by atoms with Gasteiger partial charge in [0.2, 0.25) is 0 Å². The summed E-state index contributed by atoms with van der Waals surface area (Å²) in [7, 11) is -2.37. The molecular weight excluding hydrogens is 598 g/mol. The summed E-state index contributed by atoms with van der Waals surface area (Å²) >= 11 is 1.67. The van der Waals surface area contributed by atoms with Crippen LogP contribution in [0.2, 0.25) is 0 Å². The number of hydrogen-bond acceptors (Lipinski definition) is 9. The van der Waals surface area contributed by atoms with Crippen molar-refractivity contribution in [2.45, 2.75) is 11.8 Å². The molecule has 1 aliphatic heterocycles. The number of anilines is 2. The van der Waals surface area contributed by atoms with Crippen LogP contribution in [0.15, 0.2) is 71.6 Å². The molecule has 3 aromatic carbocycles. The number of aromatic nitrogens is 1. The van der Waals surface area contributed by atoms with E-state index in [4.69, 9.17) is 14.5 Å². The molecule has 1 aliphatic rings. The van der Waals surface area contributed by atoms with E-state index in [1.54, 1.807) is 47.7 Å². The van der Waals surface area contributed by atoms with Crippen LogP contribution >= 0.6 is 23.7 Å². The number of ether oxygens (including phenoxy) is 2. The first-order valence-corrected chi connectivity index (χ1v) is 15.7. The first-order chi connectivity index (χ1) is 19.9. The fourth-order valence-electron chi connectivity index (χ4n) is 4.60. The highest BCUT2D eigenvalue weighted by Crippen LogP contribution is 2.32. The molecule has 13 heteroatoms. The second-order valence-electron chi connectivity index (χ2n) is 9.47. The van der Waals surface area contributed by atoms with Crippen molar-refractivity contribution >= 4 is 60.7 Å². The molecule has 0 aliphatic carbocycles. The van der Waals surface area contributed by atoms with E-state index in [0.29, 0.717) is 25.4 Å². The lowest BCUT2D eigenvalue weighted by Gasteiger charge is -2.34. The fraction of sp³-hybridized carbons (Fsp3) is 0.310. The summed E-state index contributed by atoms with van der Waals surface area (Å²) in [5.41, 5.74) is 1.46. The van der Waals surface area contributed by atoms with Crippen LogP contribution in [-0.4, -0.2) is 77.2 Å². The lowest BCUT2D eigenvalue weighted by atomic mass is 10.1. The lowest BCUT2D eigenvalue weighted by Crippen LogP contribution is -2.48. The molecule has 0 saturated carbocycles. The standard InChI is InChI=1S/C29H33N5O5S2.ClH/c1-3-39-22-10-13-26-27(20-22)40-29(31-26)34-18-16-33(17-19-34)15-14-30-28(35)24-6-4-5-7-25(24)32-41(36,37)23-11-8-21(38-2)9-12-23;/h4-13,20,32H,3,14-19H2,1-2H3,(H,30,35);1H. The van der Waals surface area contributed by atoms with Crippen LogP contribution in [0, 0.1) is 0 Å². The molecule has 0 radical (unpaired) electrons. The van der Waals surface area contributed by atoms with E-state index in [9.17, 15) is 13.2 Å². The number of para-hydroxylation sites is 1. The number of piperazine rings is 1. The molecule has 1 fully saturated rings. The van der Waals surface area contributed by atoms with Crippen molar-refractivity contribution in [3.8, 4) is 11.5 Å². The number of sulfonamides is 1. The fourth-order valence-corrected chi connectivity index (χ4v) is 6.72. The number of nitrogens with zero attached hydrogens (tertiary/aromatic N) is 3. The van der Waals surface area contributed by atoms with Crippen LogP contribution in [0.1, 0.15) is 17.3 Å². The van der Waals surface area contributed by atoms with Crippen LogP contribution in [0.25, 0.3) is 10.2 Å². The van der Waals surface area contributed by atoms with E-state index in [1.165, 1.54) is 19.2 Å². The largest absolute Gasteiger partial charge is 0.497 e. The lowest BCUT2D eigenvalue weighted by molar-refractivity contribution is 0.0948. The number of rotatable bonds is 11. The topological polar surface area (TPSA) is 113 Å². The van der Waals surface area contributed by atoms with Crippen LogP contribution in [-0.2, 0) is 10.0 Å². The Morgan fingerprint density at radius 3 is 2.43 bits per heavy atom. The molecule has 10 nitrogen and oxygen atoms in total. The monoisotopic (exact) mass is 631 g/mol. The Kier molecular flexibility index (Phi) is 10.5. The van der Waals surface area contributed by atoms with E-state index < -0.39 is 10.0 Å². The normalized spacial score (nSPS) is 13.8. The number of carbonyl (C=O) groups excluding carboxylic acids is 1. The van der Waals surface area contributed by atoms with Gasteiger partial charge in [0, 0.05) is 39.3 Å². The molecule has 4 aromatic rings. The highest BCUT2D eigenvalue weighted by atomic mass is 35.5. The van der Waals surface area contributed by atoms with Gasteiger partial charge < -0.3 is 19.7 Å². The number of methoxy groups -OCH3 is 1. The second kappa shape index (κ2) is 14.1. The van der Waals surface area contributed by atoms with Crippen molar-refractivity contribution in [2.24, 2.45) is 0 Å². The van der Waals surface area contributed by atoms with Crippen LogP contribution in [0.3, 0.4) is 0 Å². The van der Waals surface area contributed by atoms with Crippen molar-refractivity contribution < 1.29 is 22.7 Å². The maximum absolute atomic E-state index is 13.0. The van der Waals surface area contributed by atoms with Crippen LogP contribution < -0.4 is 24.4 Å². The number of halogens is 1. The van der Waals surface area contributed by atoms with Crippen LogP contribution in [0.4, 0.5) is 10.8 Å². The molecule has 0 atom stereocenters. The summed E-state index contributed by atoms with van der Waals surface area (Å²) in [5.74, 6) is 1.08. The predicted octanol–water partition coefficient (Wildman–Crippen LogP) is 4.48. The average molecular weight is 632 g/mol. The number of hydrogen-bond donors (Lipinski definition) is 2. The van der Waals surface area contributed by atoms with Gasteiger partial charge in [-0.05, 0) is 61.5 Å². The van der Waals surface area contributed by atoms with Gasteiger partial charge in [-0.1, -0.05) is 23.5 Å². The highest BCUT2D eigenvalue weighted by molar-refractivity contribution is 7.92. The molecule has 0 spiro atoms. The number of thiazole rings is 1. The summed E-state index contributed by atoms with van der Waals surface area (Å²) < 4.78 is 40.2. The molecule has 224 valence electrons. The number of fused-ring (bicyclic) bond motifs is 1. The zero-order valence-corrected chi connectivity index (χ0v) is 25.9. The van der Waals surface area contributed by atoms with E-state index in [0.717, 1.165) is 47.3 Å². The van der Waals surface area contributed by atoms with Gasteiger partial charge in [-0.15, -0.1) is 12.4 Å². The Hall–Kier alpha value is -3.58. The van der Waals surface area contributed by atoms with Gasteiger partial charge in [-0.2, -0.15) is 0 Å². The van der Waals surface area contributed by atoms with Crippen molar-refractivity contribution in [1.82, 2.24) is 15.2 Å². The zero-order chi connectivity index (χ0) is 28.8. The predicted molar refractivity (Wildman–Crippen MR) is 169 cm³/mol. The molecule has 42 heavy (non-hydrogen) atoms. The minimum Gasteiger partial charge on any atom is -0.497 e. The first-order valence-electron chi connectivity index (χ1n) is 13.4. The van der Waals surface area contributed by atoms with E-state index >= 15 is 0 Å². The minimum absolute atomic E-state index is 0. The maximum atomic E-state index is 13.0. The molecular formula is C29H34ClN5O5S2. The van der Waals surface area contributed by atoms with Gasteiger partial charge >= 0.3 is 0 Å². The molecule has 1 saturated heterocycles. The molecule has 1 aromatic heterocycles. The second-order valence-corrected chi connectivity index (χ2v) is 12.2. The van der Waals surface area contributed by atoms with Gasteiger partial charge in [0.25, 0.3) is 15.9 Å². The third-order valence-corrected chi connectivity index (χ3v) is 9.26. The first kappa shape index (κ1) is 31.4. The SMILES string of the molecule is CCOc1ccc2nc(N3CCN(CCNC(=O)c4ccccc4NS(=O)(=O)c4ccc(OC)cc4)CC3)sc2c1.Cl. The third-order valence-electron chi connectivity index (χ3n) is 6.80. The molecule has 0 bridgehead atoms. The highest BCUT2D eigenvalue weighted by Gasteiger charge is 2.21. The Bertz CT molecular complexity index is 1610. The molecule has 5 rings (SSSR count). The summed E-state index contributed by atoms with van der Waals surface area (Å²) in [6, 6.07) is 18.6. The smallest absolute Gasteiger partial charge is 0.261 e. The van der Waals surface area contributed by atoms with Gasteiger partial charge in [0.05, 0.1) is 40.1 Å². The Labute approximate surface area is 256 Å². The Balaban J connectivity index is 0.00000405. The molecule has 0 unspecified atom stereocenters. The van der Waals surface area contributed by atoms with E-state index in [1.807, 2.05) is 25.1 Å². The summed E-state index contributed by atoms with van der Waals surface area (Å²) in [4.78, 5) is 22.5. The van der Waals surface area contributed by atoms with Gasteiger partial charge in [0.15, 0.2) is 5.13 Å². The molecule has 2 N–H and O–H groups in total. The quantitative estimate of drug-likeness (QED) is 0.249. The third kappa shape index (κ3) is 7.43. The Morgan fingerprint density at radius 2 is 1.71 bits per heavy atom. The van der Waals surface area contributed by atoms with Gasteiger partial charge in [-0.25, -0.2) is 13.4 Å². The van der Waals surface area contributed by atoms with Gasteiger partial charge in [-0.3, -0.25) is 14.4 Å². The number of carbonyl (C=O) groups is 1. The molecule has 2 heterocycles. The van der Waals surface area contributed by atoms with Crippen molar-refractivity contribution in [3.63, 3.8) is 0 Å². The zero-order valence-electron chi connectivity index (χ0n) is 23.4. The van der Waals surface area contributed by atoms with Crippen LogP contribution in [0.5, 0.6) is 11.5 Å². The Morgan fingerprint density at radius 1 is 1.00 bits per heavy atom. The minimum atomic E-state index is -3.88. The maximum Gasteiger partial charge on any atom is 0.261 e. The van der Waals surface area contributed by atoms with Crippen molar-refractivity contribution in [3.05, 3.63) is 72.3 Å².